The molecule has 1 aromatic rings. The summed E-state index contributed by atoms with van der Waals surface area (Å²) in [4.78, 5) is 18.1. The van der Waals surface area contributed by atoms with Gasteiger partial charge in [0.1, 0.15) is 0 Å². The van der Waals surface area contributed by atoms with E-state index in [2.05, 4.69) is 9.88 Å². The van der Waals surface area contributed by atoms with Crippen LogP contribution in [0, 0.1) is 0 Å². The molecule has 0 radical (unpaired) electrons. The Morgan fingerprint density at radius 2 is 2.42 bits per heavy atom. The summed E-state index contributed by atoms with van der Waals surface area (Å²) in [5, 5.41) is 3.06. The summed E-state index contributed by atoms with van der Waals surface area (Å²) < 4.78 is 10.3. The fourth-order valence-corrected chi connectivity index (χ4v) is 2.87. The number of rotatable bonds is 5. The van der Waals surface area contributed by atoms with Gasteiger partial charge in [-0.25, -0.2) is 4.98 Å². The third kappa shape index (κ3) is 4.47. The summed E-state index contributed by atoms with van der Waals surface area (Å²) in [6.07, 6.45) is 2.09. The molecule has 1 aliphatic rings. The van der Waals surface area contributed by atoms with E-state index in [9.17, 15) is 4.79 Å². The van der Waals surface area contributed by atoms with E-state index < -0.39 is 0 Å². The molecule has 1 aliphatic heterocycles. The van der Waals surface area contributed by atoms with E-state index in [0.29, 0.717) is 19.4 Å². The van der Waals surface area contributed by atoms with E-state index >= 15 is 0 Å². The number of hydrogen-bond donors (Lipinski definition) is 0. The zero-order valence-corrected chi connectivity index (χ0v) is 12.1. The number of ether oxygens (including phenoxy) is 2. The molecule has 19 heavy (non-hydrogen) atoms. The van der Waals surface area contributed by atoms with Crippen LogP contribution in [0.4, 0.5) is 5.13 Å². The number of carbonyl (C=O) groups is 1. The molecule has 0 unspecified atom stereocenters. The molecule has 1 aromatic heterocycles. The summed E-state index contributed by atoms with van der Waals surface area (Å²) in [5.41, 5.74) is 0.971. The molecule has 0 aliphatic carbocycles. The second kappa shape index (κ2) is 7.45. The van der Waals surface area contributed by atoms with Gasteiger partial charge in [-0.05, 0) is 13.3 Å². The number of esters is 1. The van der Waals surface area contributed by atoms with Crippen LogP contribution < -0.4 is 4.90 Å². The van der Waals surface area contributed by atoms with E-state index in [0.717, 1.165) is 43.5 Å². The van der Waals surface area contributed by atoms with Crippen LogP contribution in [0.2, 0.25) is 0 Å². The lowest BCUT2D eigenvalue weighted by Crippen LogP contribution is -2.25. The molecule has 0 aromatic carbocycles. The maximum Gasteiger partial charge on any atom is 0.306 e. The van der Waals surface area contributed by atoms with Crippen LogP contribution in [0.3, 0.4) is 0 Å². The largest absolute Gasteiger partial charge is 0.466 e. The molecule has 0 spiro atoms. The Balaban J connectivity index is 1.85. The number of aromatic nitrogens is 1. The van der Waals surface area contributed by atoms with E-state index in [1.165, 1.54) is 0 Å². The molecule has 6 heteroatoms. The first-order chi connectivity index (χ1) is 9.29. The molecule has 2 rings (SSSR count). The third-order valence-corrected chi connectivity index (χ3v) is 3.87. The lowest BCUT2D eigenvalue weighted by Gasteiger charge is -2.17. The molecular weight excluding hydrogens is 264 g/mol. The highest BCUT2D eigenvalue weighted by molar-refractivity contribution is 7.13. The Bertz CT molecular complexity index is 400. The highest BCUT2D eigenvalue weighted by Crippen LogP contribution is 2.22. The quantitative estimate of drug-likeness (QED) is 0.773. The van der Waals surface area contributed by atoms with Crippen molar-refractivity contribution in [3.8, 4) is 0 Å². The van der Waals surface area contributed by atoms with Crippen molar-refractivity contribution in [2.24, 2.45) is 0 Å². The Labute approximate surface area is 117 Å². The van der Waals surface area contributed by atoms with Gasteiger partial charge in [-0.2, -0.15) is 0 Å². The SMILES string of the molecule is CCOC(=O)CCc1csc(N2CCCOCC2)n1. The van der Waals surface area contributed by atoms with Gasteiger partial charge in [0, 0.05) is 31.5 Å². The number of carbonyl (C=O) groups excluding carboxylic acids is 1. The van der Waals surface area contributed by atoms with Crippen molar-refractivity contribution in [1.82, 2.24) is 4.98 Å². The van der Waals surface area contributed by atoms with Crippen molar-refractivity contribution in [3.63, 3.8) is 0 Å². The van der Waals surface area contributed by atoms with Gasteiger partial charge < -0.3 is 14.4 Å². The topological polar surface area (TPSA) is 51.7 Å². The molecule has 2 heterocycles. The van der Waals surface area contributed by atoms with Gasteiger partial charge in [0.2, 0.25) is 0 Å². The Morgan fingerprint density at radius 1 is 1.53 bits per heavy atom. The fraction of sp³-hybridized carbons (Fsp3) is 0.692. The molecular formula is C13H20N2O3S. The number of hydrogen-bond acceptors (Lipinski definition) is 6. The van der Waals surface area contributed by atoms with Crippen molar-refractivity contribution in [3.05, 3.63) is 11.1 Å². The minimum Gasteiger partial charge on any atom is -0.466 e. The Kier molecular flexibility index (Phi) is 5.60. The van der Waals surface area contributed by atoms with Gasteiger partial charge >= 0.3 is 5.97 Å². The smallest absolute Gasteiger partial charge is 0.306 e. The van der Waals surface area contributed by atoms with Gasteiger partial charge in [0.25, 0.3) is 0 Å². The molecule has 0 atom stereocenters. The maximum atomic E-state index is 11.3. The van der Waals surface area contributed by atoms with Gasteiger partial charge in [0.15, 0.2) is 5.13 Å². The normalized spacial score (nSPS) is 16.2. The number of aryl methyl sites for hydroxylation is 1. The minimum atomic E-state index is -0.153. The van der Waals surface area contributed by atoms with Crippen molar-refractivity contribution < 1.29 is 14.3 Å². The molecule has 1 fully saturated rings. The summed E-state index contributed by atoms with van der Waals surface area (Å²) in [7, 11) is 0. The Hall–Kier alpha value is -1.14. The third-order valence-electron chi connectivity index (χ3n) is 2.92. The lowest BCUT2D eigenvalue weighted by atomic mass is 10.2. The lowest BCUT2D eigenvalue weighted by molar-refractivity contribution is -0.143. The van der Waals surface area contributed by atoms with Crippen LogP contribution in [0.5, 0.6) is 0 Å². The number of nitrogens with zero attached hydrogens (tertiary/aromatic N) is 2. The van der Waals surface area contributed by atoms with Crippen LogP contribution in [-0.2, 0) is 20.7 Å². The highest BCUT2D eigenvalue weighted by atomic mass is 32.1. The van der Waals surface area contributed by atoms with Crippen LogP contribution in [0.1, 0.15) is 25.5 Å². The predicted molar refractivity (Wildman–Crippen MR) is 74.7 cm³/mol. The molecule has 5 nitrogen and oxygen atoms in total. The second-order valence-electron chi connectivity index (χ2n) is 4.38. The maximum absolute atomic E-state index is 11.3. The average Bonchev–Trinajstić information content (AvgIpc) is 2.71. The van der Waals surface area contributed by atoms with E-state index in [4.69, 9.17) is 9.47 Å². The zero-order chi connectivity index (χ0) is 13.5. The first kappa shape index (κ1) is 14.3. The van der Waals surface area contributed by atoms with E-state index in [1.54, 1.807) is 11.3 Å². The van der Waals surface area contributed by atoms with Crippen molar-refractivity contribution >= 4 is 22.4 Å². The van der Waals surface area contributed by atoms with Crippen LogP contribution in [-0.4, -0.2) is 43.9 Å². The number of thiazole rings is 1. The van der Waals surface area contributed by atoms with Crippen molar-refractivity contribution in [2.75, 3.05) is 37.8 Å². The van der Waals surface area contributed by atoms with Gasteiger partial charge in [-0.15, -0.1) is 11.3 Å². The van der Waals surface area contributed by atoms with E-state index in [-0.39, 0.29) is 5.97 Å². The standard InChI is InChI=1S/C13H20N2O3S/c1-2-18-12(16)5-4-11-10-19-13(14-11)15-6-3-8-17-9-7-15/h10H,2-9H2,1H3. The van der Waals surface area contributed by atoms with Crippen molar-refractivity contribution in [2.45, 2.75) is 26.2 Å². The Morgan fingerprint density at radius 3 is 3.26 bits per heavy atom. The first-order valence-corrected chi connectivity index (χ1v) is 7.60. The van der Waals surface area contributed by atoms with Crippen LogP contribution in [0.25, 0.3) is 0 Å². The summed E-state index contributed by atoms with van der Waals surface area (Å²) in [5.74, 6) is -0.153. The second-order valence-corrected chi connectivity index (χ2v) is 5.22. The van der Waals surface area contributed by atoms with Gasteiger partial charge in [0.05, 0.1) is 25.3 Å². The highest BCUT2D eigenvalue weighted by Gasteiger charge is 2.14. The zero-order valence-electron chi connectivity index (χ0n) is 11.3. The average molecular weight is 284 g/mol. The molecule has 0 bridgehead atoms. The monoisotopic (exact) mass is 284 g/mol. The van der Waals surface area contributed by atoms with Gasteiger partial charge in [-0.3, -0.25) is 4.79 Å². The minimum absolute atomic E-state index is 0.153. The molecule has 0 N–H and O–H groups in total. The molecule has 106 valence electrons. The van der Waals surface area contributed by atoms with Crippen molar-refractivity contribution in [1.29, 1.82) is 0 Å². The summed E-state index contributed by atoms with van der Waals surface area (Å²) >= 11 is 1.64. The predicted octanol–water partition coefficient (Wildman–Crippen LogP) is 1.87. The van der Waals surface area contributed by atoms with Gasteiger partial charge in [-0.1, -0.05) is 0 Å². The fourth-order valence-electron chi connectivity index (χ4n) is 1.96. The van der Waals surface area contributed by atoms with Crippen LogP contribution in [0.15, 0.2) is 5.38 Å². The van der Waals surface area contributed by atoms with Crippen LogP contribution >= 0.6 is 11.3 Å². The number of anilines is 1. The summed E-state index contributed by atoms with van der Waals surface area (Å²) in [6, 6.07) is 0. The molecule has 0 amide bonds. The first-order valence-electron chi connectivity index (χ1n) is 6.72. The molecule has 0 saturated carbocycles. The molecule has 1 saturated heterocycles. The summed E-state index contributed by atoms with van der Waals surface area (Å²) in [6.45, 7) is 5.74. The van der Waals surface area contributed by atoms with E-state index in [1.807, 2.05) is 12.3 Å².